The first-order chi connectivity index (χ1) is 4.87. The number of aliphatic hydroxyl groups excluding tert-OH is 1. The molecule has 0 spiro atoms. The molecular weight excluding hydrogens is 164 g/mol. The van der Waals surface area contributed by atoms with Gasteiger partial charge in [-0.3, -0.25) is 0 Å². The molecular formula is C6H8F4O. The van der Waals surface area contributed by atoms with Crippen LogP contribution in [-0.4, -0.2) is 23.6 Å². The van der Waals surface area contributed by atoms with E-state index in [1.807, 2.05) is 0 Å². The molecule has 0 aromatic rings. The normalized spacial score (nSPS) is 24.8. The first kappa shape index (κ1) is 8.77. The third-order valence-electron chi connectivity index (χ3n) is 1.90. The molecule has 11 heavy (non-hydrogen) atoms. The molecule has 0 amide bonds. The van der Waals surface area contributed by atoms with E-state index in [2.05, 4.69) is 0 Å². The molecule has 0 heterocycles. The second-order valence-electron chi connectivity index (χ2n) is 2.88. The lowest BCUT2D eigenvalue weighted by molar-refractivity contribution is -0.205. The van der Waals surface area contributed by atoms with E-state index in [9.17, 15) is 17.6 Å². The van der Waals surface area contributed by atoms with Crippen LogP contribution in [0.1, 0.15) is 12.8 Å². The molecule has 1 rings (SSSR count). The Balaban J connectivity index is 2.43. The molecule has 1 N–H and O–H groups in total. The van der Waals surface area contributed by atoms with Crippen LogP contribution in [0.15, 0.2) is 0 Å². The first-order valence-corrected chi connectivity index (χ1v) is 3.24. The van der Waals surface area contributed by atoms with Gasteiger partial charge in [0.2, 0.25) is 5.92 Å². The molecule has 5 heteroatoms. The van der Waals surface area contributed by atoms with Gasteiger partial charge in [0.1, 0.15) is 6.61 Å². The van der Waals surface area contributed by atoms with Crippen molar-refractivity contribution in [3.8, 4) is 0 Å². The highest BCUT2D eigenvalue weighted by molar-refractivity contribution is 4.93. The topological polar surface area (TPSA) is 20.2 Å². The highest BCUT2D eigenvalue weighted by Crippen LogP contribution is 2.49. The summed E-state index contributed by atoms with van der Waals surface area (Å²) in [5.74, 6) is -7.62. The Morgan fingerprint density at radius 2 is 1.82 bits per heavy atom. The Morgan fingerprint density at radius 1 is 1.36 bits per heavy atom. The number of hydrogen-bond donors (Lipinski definition) is 1. The van der Waals surface area contributed by atoms with Gasteiger partial charge in [-0.25, -0.2) is 17.6 Å². The van der Waals surface area contributed by atoms with Gasteiger partial charge in [0.15, 0.2) is 0 Å². The smallest absolute Gasteiger partial charge is 0.273 e. The van der Waals surface area contributed by atoms with Gasteiger partial charge in [-0.05, 0) is 0 Å². The van der Waals surface area contributed by atoms with Gasteiger partial charge in [0, 0.05) is 18.8 Å². The van der Waals surface area contributed by atoms with Crippen LogP contribution in [0.3, 0.4) is 0 Å². The summed E-state index contributed by atoms with van der Waals surface area (Å²) in [5, 5.41) is 8.10. The molecule has 0 saturated heterocycles. The monoisotopic (exact) mass is 172 g/mol. The lowest BCUT2D eigenvalue weighted by Crippen LogP contribution is -2.47. The van der Waals surface area contributed by atoms with Crippen LogP contribution < -0.4 is 0 Å². The fourth-order valence-electron chi connectivity index (χ4n) is 1.09. The van der Waals surface area contributed by atoms with E-state index in [0.717, 1.165) is 0 Å². The zero-order chi connectivity index (χ0) is 8.70. The summed E-state index contributed by atoms with van der Waals surface area (Å²) in [6.45, 7) is -1.34. The predicted molar refractivity (Wildman–Crippen MR) is 29.7 cm³/mol. The minimum Gasteiger partial charge on any atom is -0.390 e. The molecule has 0 unspecified atom stereocenters. The van der Waals surface area contributed by atoms with Gasteiger partial charge < -0.3 is 5.11 Å². The molecule has 1 fully saturated rings. The van der Waals surface area contributed by atoms with Crippen molar-refractivity contribution in [1.29, 1.82) is 0 Å². The quantitative estimate of drug-likeness (QED) is 0.628. The van der Waals surface area contributed by atoms with Gasteiger partial charge in [0.25, 0.3) is 5.92 Å². The average molecular weight is 172 g/mol. The number of rotatable bonds is 2. The van der Waals surface area contributed by atoms with Crippen LogP contribution in [-0.2, 0) is 0 Å². The van der Waals surface area contributed by atoms with Gasteiger partial charge >= 0.3 is 0 Å². The summed E-state index contributed by atoms with van der Waals surface area (Å²) in [6, 6.07) is 0. The van der Waals surface area contributed by atoms with E-state index in [1.54, 1.807) is 0 Å². The summed E-state index contributed by atoms with van der Waals surface area (Å²) in [5.41, 5.74) is 0. The molecule has 0 atom stereocenters. The van der Waals surface area contributed by atoms with E-state index in [4.69, 9.17) is 5.11 Å². The molecule has 0 radical (unpaired) electrons. The zero-order valence-electron chi connectivity index (χ0n) is 5.66. The lowest BCUT2D eigenvalue weighted by atomic mass is 9.77. The van der Waals surface area contributed by atoms with E-state index in [-0.39, 0.29) is 0 Å². The van der Waals surface area contributed by atoms with Gasteiger partial charge in [0.05, 0.1) is 0 Å². The van der Waals surface area contributed by atoms with E-state index in [0.29, 0.717) is 0 Å². The Morgan fingerprint density at radius 3 is 2.09 bits per heavy atom. The largest absolute Gasteiger partial charge is 0.390 e. The van der Waals surface area contributed by atoms with Crippen molar-refractivity contribution >= 4 is 0 Å². The van der Waals surface area contributed by atoms with Crippen LogP contribution in [0.25, 0.3) is 0 Å². The van der Waals surface area contributed by atoms with Crippen molar-refractivity contribution in [2.24, 2.45) is 5.92 Å². The Bertz CT molecular complexity index is 149. The summed E-state index contributed by atoms with van der Waals surface area (Å²) in [6.07, 6.45) is -1.61. The molecule has 1 aliphatic carbocycles. The third kappa shape index (κ3) is 1.64. The van der Waals surface area contributed by atoms with Crippen LogP contribution in [0.5, 0.6) is 0 Å². The lowest BCUT2D eigenvalue weighted by Gasteiger charge is -2.38. The van der Waals surface area contributed by atoms with Crippen LogP contribution in [0.4, 0.5) is 17.6 Å². The highest BCUT2D eigenvalue weighted by atomic mass is 19.3. The first-order valence-electron chi connectivity index (χ1n) is 3.24. The number of aliphatic hydroxyl groups is 1. The Kier molecular flexibility index (Phi) is 1.86. The second kappa shape index (κ2) is 2.33. The maximum atomic E-state index is 12.4. The Labute approximate surface area is 61.0 Å². The van der Waals surface area contributed by atoms with Crippen LogP contribution in [0, 0.1) is 5.92 Å². The predicted octanol–water partition coefficient (Wildman–Crippen LogP) is 1.66. The minimum absolute atomic E-state index is 0.805. The van der Waals surface area contributed by atoms with Gasteiger partial charge in [-0.2, -0.15) is 0 Å². The van der Waals surface area contributed by atoms with E-state index < -0.39 is 37.2 Å². The van der Waals surface area contributed by atoms with Gasteiger partial charge in [-0.15, -0.1) is 0 Å². The van der Waals surface area contributed by atoms with Crippen molar-refractivity contribution in [3.63, 3.8) is 0 Å². The average Bonchev–Trinajstić information content (AvgIpc) is 1.83. The summed E-state index contributed by atoms with van der Waals surface area (Å²) in [7, 11) is 0. The van der Waals surface area contributed by atoms with Crippen molar-refractivity contribution in [2.75, 3.05) is 6.61 Å². The molecule has 0 aliphatic heterocycles. The van der Waals surface area contributed by atoms with Crippen molar-refractivity contribution in [2.45, 2.75) is 24.7 Å². The summed E-state index contributed by atoms with van der Waals surface area (Å²) >= 11 is 0. The standard InChI is InChI=1S/C6H8F4O/c7-5(8)1-4(2-5)6(9,10)3-11/h4,11H,1-3H2. The van der Waals surface area contributed by atoms with Crippen molar-refractivity contribution < 1.29 is 22.7 Å². The zero-order valence-corrected chi connectivity index (χ0v) is 5.66. The number of hydrogen-bond acceptors (Lipinski definition) is 1. The fourth-order valence-corrected chi connectivity index (χ4v) is 1.09. The van der Waals surface area contributed by atoms with Crippen molar-refractivity contribution in [1.82, 2.24) is 0 Å². The van der Waals surface area contributed by atoms with E-state index in [1.165, 1.54) is 0 Å². The number of alkyl halides is 4. The molecule has 1 saturated carbocycles. The maximum Gasteiger partial charge on any atom is 0.273 e. The number of halogens is 4. The van der Waals surface area contributed by atoms with Crippen LogP contribution >= 0.6 is 0 Å². The molecule has 66 valence electrons. The minimum atomic E-state index is -3.33. The second-order valence-corrected chi connectivity index (χ2v) is 2.88. The SMILES string of the molecule is OCC(F)(F)C1CC(F)(F)C1. The molecule has 1 aliphatic rings. The van der Waals surface area contributed by atoms with Gasteiger partial charge in [-0.1, -0.05) is 0 Å². The summed E-state index contributed by atoms with van der Waals surface area (Å²) in [4.78, 5) is 0. The maximum absolute atomic E-state index is 12.4. The molecule has 1 nitrogen and oxygen atoms in total. The summed E-state index contributed by atoms with van der Waals surface area (Å²) < 4.78 is 48.8. The molecule has 0 aromatic carbocycles. The molecule has 0 bridgehead atoms. The Hall–Kier alpha value is -0.320. The molecule has 0 aromatic heterocycles. The van der Waals surface area contributed by atoms with Crippen LogP contribution in [0.2, 0.25) is 0 Å². The highest BCUT2D eigenvalue weighted by Gasteiger charge is 2.56. The third-order valence-corrected chi connectivity index (χ3v) is 1.90. The van der Waals surface area contributed by atoms with Crippen molar-refractivity contribution in [3.05, 3.63) is 0 Å². The fraction of sp³-hybridized carbons (Fsp3) is 1.00. The van der Waals surface area contributed by atoms with E-state index >= 15 is 0 Å².